The summed E-state index contributed by atoms with van der Waals surface area (Å²) in [4.78, 5) is 9.16. The number of aliphatic hydroxyl groups excluding tert-OH is 1. The lowest BCUT2D eigenvalue weighted by atomic mass is 10.1. The van der Waals surface area contributed by atoms with Crippen LogP contribution in [0.25, 0.3) is 5.82 Å². The molecule has 0 spiro atoms. The molecule has 3 aromatic rings. The zero-order chi connectivity index (χ0) is 20.1. The summed E-state index contributed by atoms with van der Waals surface area (Å²) in [7, 11) is 0. The molecule has 0 aliphatic carbocycles. The van der Waals surface area contributed by atoms with Gasteiger partial charge < -0.3 is 9.67 Å². The van der Waals surface area contributed by atoms with Crippen molar-refractivity contribution in [1.82, 2.24) is 19.4 Å². The van der Waals surface area contributed by atoms with Gasteiger partial charge in [0.15, 0.2) is 0 Å². The molecule has 4 rings (SSSR count). The molecule has 2 aromatic heterocycles. The van der Waals surface area contributed by atoms with Crippen LogP contribution in [0.15, 0.2) is 67.0 Å². The summed E-state index contributed by atoms with van der Waals surface area (Å²) in [5.41, 5.74) is 1.90. The zero-order valence-corrected chi connectivity index (χ0v) is 16.5. The van der Waals surface area contributed by atoms with Crippen molar-refractivity contribution in [2.45, 2.75) is 25.6 Å². The second-order valence-electron chi connectivity index (χ2n) is 7.52. The molecule has 0 amide bonds. The first-order chi connectivity index (χ1) is 14.2. The number of aromatic nitrogens is 2. The highest BCUT2D eigenvalue weighted by Crippen LogP contribution is 2.20. The Kier molecular flexibility index (Phi) is 6.34. The molecular weight excluding hydrogens is 367 g/mol. The highest BCUT2D eigenvalue weighted by atomic mass is 19.1. The van der Waals surface area contributed by atoms with Gasteiger partial charge in [0.1, 0.15) is 11.6 Å². The van der Waals surface area contributed by atoms with Crippen LogP contribution in [0.2, 0.25) is 0 Å². The Morgan fingerprint density at radius 2 is 1.86 bits per heavy atom. The van der Waals surface area contributed by atoms with Gasteiger partial charge >= 0.3 is 0 Å². The van der Waals surface area contributed by atoms with E-state index in [0.717, 1.165) is 32.0 Å². The van der Waals surface area contributed by atoms with Crippen molar-refractivity contribution in [3.8, 4) is 5.82 Å². The van der Waals surface area contributed by atoms with Gasteiger partial charge in [-0.05, 0) is 36.8 Å². The molecule has 1 atom stereocenters. The number of benzene rings is 1. The third-order valence-electron chi connectivity index (χ3n) is 5.60. The summed E-state index contributed by atoms with van der Waals surface area (Å²) in [6.07, 6.45) is 4.53. The molecule has 0 radical (unpaired) electrons. The molecule has 1 aromatic carbocycles. The van der Waals surface area contributed by atoms with E-state index in [1.807, 2.05) is 42.6 Å². The number of piperazine rings is 1. The van der Waals surface area contributed by atoms with Crippen molar-refractivity contribution in [2.75, 3.05) is 26.2 Å². The Morgan fingerprint density at radius 1 is 1.00 bits per heavy atom. The molecule has 1 N–H and O–H groups in total. The van der Waals surface area contributed by atoms with Crippen LogP contribution in [0.3, 0.4) is 0 Å². The Balaban J connectivity index is 1.44. The van der Waals surface area contributed by atoms with Gasteiger partial charge in [-0.25, -0.2) is 9.37 Å². The van der Waals surface area contributed by atoms with Crippen molar-refractivity contribution in [3.63, 3.8) is 0 Å². The number of aliphatic hydroxyl groups is 1. The van der Waals surface area contributed by atoms with Crippen molar-refractivity contribution >= 4 is 0 Å². The molecule has 1 saturated heterocycles. The highest BCUT2D eigenvalue weighted by molar-refractivity contribution is 5.27. The average Bonchev–Trinajstić information content (AvgIpc) is 3.20. The first kappa shape index (κ1) is 19.8. The van der Waals surface area contributed by atoms with Gasteiger partial charge in [-0.2, -0.15) is 0 Å². The van der Waals surface area contributed by atoms with Gasteiger partial charge in [0, 0.05) is 69.0 Å². The molecule has 0 unspecified atom stereocenters. The molecule has 6 heteroatoms. The topological polar surface area (TPSA) is 44.5 Å². The van der Waals surface area contributed by atoms with E-state index in [2.05, 4.69) is 25.4 Å². The number of pyridine rings is 1. The monoisotopic (exact) mass is 394 g/mol. The van der Waals surface area contributed by atoms with E-state index < -0.39 is 0 Å². The number of nitrogens with zero attached hydrogens (tertiary/aromatic N) is 4. The summed E-state index contributed by atoms with van der Waals surface area (Å²) < 4.78 is 16.2. The quantitative estimate of drug-likeness (QED) is 0.669. The predicted molar refractivity (Wildman–Crippen MR) is 111 cm³/mol. The lowest BCUT2D eigenvalue weighted by Crippen LogP contribution is -2.52. The standard InChI is InChI=1S/C23H27FN4O/c24-22-8-2-1-6-19(22)16-27-14-13-26(17-20(27)10-15-29)18-21-7-5-12-28(21)23-9-3-4-11-25-23/h1-9,11-12,20,29H,10,13-18H2/t20-/m1/s1. The predicted octanol–water partition coefficient (Wildman–Crippen LogP) is 3.08. The lowest BCUT2D eigenvalue weighted by molar-refractivity contribution is 0.0485. The minimum absolute atomic E-state index is 0.136. The van der Waals surface area contributed by atoms with E-state index in [-0.39, 0.29) is 18.5 Å². The zero-order valence-electron chi connectivity index (χ0n) is 16.5. The smallest absolute Gasteiger partial charge is 0.136 e. The Bertz CT molecular complexity index is 914. The normalized spacial score (nSPS) is 18.2. The summed E-state index contributed by atoms with van der Waals surface area (Å²) in [5.74, 6) is 0.753. The van der Waals surface area contributed by atoms with Gasteiger partial charge in [0.2, 0.25) is 0 Å². The number of hydrogen-bond acceptors (Lipinski definition) is 4. The summed E-state index contributed by atoms with van der Waals surface area (Å²) in [6.45, 7) is 4.14. The molecular formula is C23H27FN4O. The minimum atomic E-state index is -0.161. The molecule has 0 bridgehead atoms. The van der Waals surface area contributed by atoms with E-state index in [4.69, 9.17) is 0 Å². The fraction of sp³-hybridized carbons (Fsp3) is 0.348. The molecule has 0 saturated carbocycles. The fourth-order valence-electron chi connectivity index (χ4n) is 4.07. The summed E-state index contributed by atoms with van der Waals surface area (Å²) in [6, 6.07) is 17.2. The Hall–Kier alpha value is -2.54. The van der Waals surface area contributed by atoms with Gasteiger partial charge in [-0.15, -0.1) is 0 Å². The van der Waals surface area contributed by atoms with Crippen LogP contribution in [-0.4, -0.2) is 56.7 Å². The third kappa shape index (κ3) is 4.72. The number of hydrogen-bond donors (Lipinski definition) is 1. The van der Waals surface area contributed by atoms with Crippen molar-refractivity contribution in [1.29, 1.82) is 0 Å². The summed E-state index contributed by atoms with van der Waals surface area (Å²) >= 11 is 0. The van der Waals surface area contributed by atoms with Crippen molar-refractivity contribution < 1.29 is 9.50 Å². The molecule has 152 valence electrons. The Labute approximate surface area is 171 Å². The molecule has 1 aliphatic rings. The van der Waals surface area contributed by atoms with Crippen molar-refractivity contribution in [2.24, 2.45) is 0 Å². The first-order valence-electron chi connectivity index (χ1n) is 10.1. The van der Waals surface area contributed by atoms with Crippen LogP contribution in [-0.2, 0) is 13.1 Å². The maximum absolute atomic E-state index is 14.1. The van der Waals surface area contributed by atoms with Crippen LogP contribution in [0.1, 0.15) is 17.7 Å². The molecule has 1 aliphatic heterocycles. The second kappa shape index (κ2) is 9.31. The van der Waals surface area contributed by atoms with Crippen LogP contribution >= 0.6 is 0 Å². The second-order valence-corrected chi connectivity index (χ2v) is 7.52. The van der Waals surface area contributed by atoms with E-state index in [1.165, 1.54) is 11.8 Å². The van der Waals surface area contributed by atoms with Gasteiger partial charge in [0.25, 0.3) is 0 Å². The maximum atomic E-state index is 14.1. The minimum Gasteiger partial charge on any atom is -0.396 e. The highest BCUT2D eigenvalue weighted by Gasteiger charge is 2.27. The van der Waals surface area contributed by atoms with Gasteiger partial charge in [-0.1, -0.05) is 24.3 Å². The Morgan fingerprint density at radius 3 is 2.66 bits per heavy atom. The van der Waals surface area contributed by atoms with Crippen LogP contribution in [0.4, 0.5) is 4.39 Å². The van der Waals surface area contributed by atoms with E-state index in [1.54, 1.807) is 12.3 Å². The lowest BCUT2D eigenvalue weighted by Gasteiger charge is -2.41. The van der Waals surface area contributed by atoms with Gasteiger partial charge in [-0.3, -0.25) is 9.80 Å². The van der Waals surface area contributed by atoms with Crippen LogP contribution in [0, 0.1) is 5.82 Å². The molecule has 1 fully saturated rings. The fourth-order valence-corrected chi connectivity index (χ4v) is 4.07. The average molecular weight is 394 g/mol. The largest absolute Gasteiger partial charge is 0.396 e. The maximum Gasteiger partial charge on any atom is 0.136 e. The number of rotatable bonds is 7. The van der Waals surface area contributed by atoms with Crippen LogP contribution < -0.4 is 0 Å². The van der Waals surface area contributed by atoms with E-state index in [9.17, 15) is 9.50 Å². The summed E-state index contributed by atoms with van der Waals surface area (Å²) in [5, 5.41) is 9.56. The van der Waals surface area contributed by atoms with Crippen molar-refractivity contribution in [3.05, 3.63) is 84.1 Å². The van der Waals surface area contributed by atoms with Gasteiger partial charge in [0.05, 0.1) is 0 Å². The molecule has 5 nitrogen and oxygen atoms in total. The van der Waals surface area contributed by atoms with E-state index in [0.29, 0.717) is 18.5 Å². The SMILES string of the molecule is OCC[C@@H]1CN(Cc2cccn2-c2ccccn2)CCN1Cc1ccccc1F. The number of halogens is 1. The first-order valence-corrected chi connectivity index (χ1v) is 10.1. The third-order valence-corrected chi connectivity index (χ3v) is 5.60. The molecule has 29 heavy (non-hydrogen) atoms. The van der Waals surface area contributed by atoms with Crippen LogP contribution in [0.5, 0.6) is 0 Å². The molecule has 3 heterocycles. The van der Waals surface area contributed by atoms with E-state index >= 15 is 0 Å².